The maximum atomic E-state index is 5.93. The lowest BCUT2D eigenvalue weighted by atomic mass is 10.1. The zero-order valence-electron chi connectivity index (χ0n) is 17.2. The highest BCUT2D eigenvalue weighted by Crippen LogP contribution is 2.33. The van der Waals surface area contributed by atoms with Gasteiger partial charge >= 0.3 is 0 Å². The van der Waals surface area contributed by atoms with Crippen molar-refractivity contribution < 1.29 is 14.2 Å². The molecule has 1 aromatic carbocycles. The molecular weight excluding hydrogens is 354 g/mol. The first-order valence-electron chi connectivity index (χ1n) is 10.4. The van der Waals surface area contributed by atoms with Gasteiger partial charge in [-0.05, 0) is 50.8 Å². The largest absolute Gasteiger partial charge is 0.454 e. The summed E-state index contributed by atoms with van der Waals surface area (Å²) in [6.45, 7) is 11.4. The third-order valence-electron chi connectivity index (χ3n) is 5.68. The van der Waals surface area contributed by atoms with Crippen LogP contribution in [-0.2, 0) is 24.4 Å². The van der Waals surface area contributed by atoms with Crippen molar-refractivity contribution in [2.75, 3.05) is 19.9 Å². The number of aromatic nitrogens is 2. The summed E-state index contributed by atoms with van der Waals surface area (Å²) in [5, 5.41) is 4.76. The summed E-state index contributed by atoms with van der Waals surface area (Å²) in [4.78, 5) is 2.49. The Labute approximate surface area is 167 Å². The molecule has 2 aliphatic rings. The topological polar surface area (TPSA) is 48.8 Å². The van der Waals surface area contributed by atoms with Gasteiger partial charge in [0.1, 0.15) is 0 Å². The van der Waals surface area contributed by atoms with Crippen molar-refractivity contribution in [3.8, 4) is 11.5 Å². The SMILES string of the molecule is CCCn1nc(C)c(CN(Cc2ccc3c(c2)OCO3)CC2CCCO2)c1C. The van der Waals surface area contributed by atoms with Gasteiger partial charge in [0.2, 0.25) is 6.79 Å². The first kappa shape index (κ1) is 19.3. The van der Waals surface area contributed by atoms with Gasteiger partial charge in [-0.3, -0.25) is 9.58 Å². The Balaban J connectivity index is 1.53. The maximum absolute atomic E-state index is 5.93. The summed E-state index contributed by atoms with van der Waals surface area (Å²) < 4.78 is 19.1. The van der Waals surface area contributed by atoms with E-state index in [1.54, 1.807) is 0 Å². The van der Waals surface area contributed by atoms with Gasteiger partial charge in [0.25, 0.3) is 0 Å². The molecule has 4 rings (SSSR count). The Bertz CT molecular complexity index is 812. The molecule has 0 N–H and O–H groups in total. The number of rotatable bonds is 8. The number of benzene rings is 1. The van der Waals surface area contributed by atoms with Crippen molar-refractivity contribution in [2.45, 2.75) is 65.8 Å². The van der Waals surface area contributed by atoms with Gasteiger partial charge in [-0.15, -0.1) is 0 Å². The minimum Gasteiger partial charge on any atom is -0.454 e. The zero-order chi connectivity index (χ0) is 19.5. The zero-order valence-corrected chi connectivity index (χ0v) is 17.2. The van der Waals surface area contributed by atoms with E-state index in [0.717, 1.165) is 69.2 Å². The number of fused-ring (bicyclic) bond motifs is 1. The van der Waals surface area contributed by atoms with Crippen LogP contribution >= 0.6 is 0 Å². The molecule has 28 heavy (non-hydrogen) atoms. The normalized spacial score (nSPS) is 18.4. The lowest BCUT2D eigenvalue weighted by Gasteiger charge is -2.25. The quantitative estimate of drug-likeness (QED) is 0.691. The summed E-state index contributed by atoms with van der Waals surface area (Å²) in [6.07, 6.45) is 3.72. The molecule has 3 heterocycles. The molecule has 2 aromatic rings. The van der Waals surface area contributed by atoms with Crippen molar-refractivity contribution in [1.82, 2.24) is 14.7 Å². The minimum atomic E-state index is 0.313. The van der Waals surface area contributed by atoms with Gasteiger partial charge in [-0.1, -0.05) is 13.0 Å². The molecule has 6 nitrogen and oxygen atoms in total. The average molecular weight is 386 g/mol. The molecule has 0 amide bonds. The van der Waals surface area contributed by atoms with Crippen molar-refractivity contribution in [2.24, 2.45) is 0 Å². The van der Waals surface area contributed by atoms with Crippen molar-refractivity contribution in [3.63, 3.8) is 0 Å². The average Bonchev–Trinajstić information content (AvgIpc) is 3.40. The Hall–Kier alpha value is -2.05. The fourth-order valence-electron chi connectivity index (χ4n) is 4.17. The van der Waals surface area contributed by atoms with Gasteiger partial charge in [0.15, 0.2) is 11.5 Å². The van der Waals surface area contributed by atoms with E-state index in [1.807, 2.05) is 6.07 Å². The Morgan fingerprint density at radius 2 is 2.04 bits per heavy atom. The number of hydrogen-bond donors (Lipinski definition) is 0. The fourth-order valence-corrected chi connectivity index (χ4v) is 4.17. The molecule has 152 valence electrons. The van der Waals surface area contributed by atoms with E-state index in [0.29, 0.717) is 12.9 Å². The molecule has 1 atom stereocenters. The Morgan fingerprint density at radius 3 is 2.82 bits per heavy atom. The number of nitrogens with zero attached hydrogens (tertiary/aromatic N) is 3. The predicted octanol–water partition coefficient (Wildman–Crippen LogP) is 3.82. The van der Waals surface area contributed by atoms with Crippen molar-refractivity contribution in [3.05, 3.63) is 40.7 Å². The van der Waals surface area contributed by atoms with Gasteiger partial charge < -0.3 is 14.2 Å². The molecule has 6 heteroatoms. The maximum Gasteiger partial charge on any atom is 0.231 e. The van der Waals surface area contributed by atoms with Crippen molar-refractivity contribution >= 4 is 0 Å². The third kappa shape index (κ3) is 4.18. The van der Waals surface area contributed by atoms with Crippen LogP contribution in [0.4, 0.5) is 0 Å². The highest BCUT2D eigenvalue weighted by atomic mass is 16.7. The summed E-state index contributed by atoms with van der Waals surface area (Å²) in [5.41, 5.74) is 4.99. The highest BCUT2D eigenvalue weighted by molar-refractivity contribution is 5.44. The van der Waals surface area contributed by atoms with Crippen LogP contribution in [0.2, 0.25) is 0 Å². The summed E-state index contributed by atoms with van der Waals surface area (Å²) in [5.74, 6) is 1.68. The number of ether oxygens (including phenoxy) is 3. The van der Waals surface area contributed by atoms with E-state index >= 15 is 0 Å². The molecular formula is C22H31N3O3. The van der Waals surface area contributed by atoms with Crippen LogP contribution in [0.15, 0.2) is 18.2 Å². The van der Waals surface area contributed by atoms with Crippen LogP contribution in [-0.4, -0.2) is 40.7 Å². The van der Waals surface area contributed by atoms with E-state index in [4.69, 9.17) is 19.3 Å². The van der Waals surface area contributed by atoms with Crippen LogP contribution < -0.4 is 9.47 Å². The van der Waals surface area contributed by atoms with Crippen LogP contribution in [0.5, 0.6) is 11.5 Å². The first-order valence-corrected chi connectivity index (χ1v) is 10.4. The van der Waals surface area contributed by atoms with Gasteiger partial charge in [0.05, 0.1) is 11.8 Å². The lowest BCUT2D eigenvalue weighted by Crippen LogP contribution is -2.31. The Morgan fingerprint density at radius 1 is 1.18 bits per heavy atom. The molecule has 0 aliphatic carbocycles. The van der Waals surface area contributed by atoms with Crippen LogP contribution in [0.25, 0.3) is 0 Å². The van der Waals surface area contributed by atoms with E-state index in [9.17, 15) is 0 Å². The molecule has 0 saturated carbocycles. The van der Waals surface area contributed by atoms with Gasteiger partial charge in [0, 0.05) is 44.0 Å². The first-order chi connectivity index (χ1) is 13.6. The lowest BCUT2D eigenvalue weighted by molar-refractivity contribution is 0.0677. The van der Waals surface area contributed by atoms with E-state index in [-0.39, 0.29) is 0 Å². The third-order valence-corrected chi connectivity index (χ3v) is 5.68. The molecule has 0 spiro atoms. The summed E-state index contributed by atoms with van der Waals surface area (Å²) in [7, 11) is 0. The van der Waals surface area contributed by atoms with Crippen LogP contribution in [0.1, 0.15) is 48.7 Å². The second kappa shape index (κ2) is 8.53. The summed E-state index contributed by atoms with van der Waals surface area (Å²) in [6, 6.07) is 6.25. The number of aryl methyl sites for hydroxylation is 2. The van der Waals surface area contributed by atoms with Crippen molar-refractivity contribution in [1.29, 1.82) is 0 Å². The molecule has 1 aromatic heterocycles. The minimum absolute atomic E-state index is 0.313. The fraction of sp³-hybridized carbons (Fsp3) is 0.591. The van der Waals surface area contributed by atoms with E-state index in [1.165, 1.54) is 16.8 Å². The standard InChI is InChI=1S/C22H31N3O3/c1-4-9-25-17(3)20(16(2)23-25)14-24(13-19-6-5-10-26-19)12-18-7-8-21-22(11-18)28-15-27-21/h7-8,11,19H,4-6,9-10,12-15H2,1-3H3. The predicted molar refractivity (Wildman–Crippen MR) is 108 cm³/mol. The number of hydrogen-bond acceptors (Lipinski definition) is 5. The molecule has 0 bridgehead atoms. The van der Waals surface area contributed by atoms with Crippen LogP contribution in [0, 0.1) is 13.8 Å². The van der Waals surface area contributed by atoms with Gasteiger partial charge in [-0.25, -0.2) is 0 Å². The molecule has 1 fully saturated rings. The molecule has 0 radical (unpaired) electrons. The molecule has 1 saturated heterocycles. The van der Waals surface area contributed by atoms with Gasteiger partial charge in [-0.2, -0.15) is 5.10 Å². The summed E-state index contributed by atoms with van der Waals surface area (Å²) >= 11 is 0. The monoisotopic (exact) mass is 385 g/mol. The van der Waals surface area contributed by atoms with Crippen LogP contribution in [0.3, 0.4) is 0 Å². The highest BCUT2D eigenvalue weighted by Gasteiger charge is 2.23. The molecule has 2 aliphatic heterocycles. The second-order valence-electron chi connectivity index (χ2n) is 7.86. The Kier molecular flexibility index (Phi) is 5.87. The van der Waals surface area contributed by atoms with E-state index < -0.39 is 0 Å². The molecule has 1 unspecified atom stereocenters. The smallest absolute Gasteiger partial charge is 0.231 e. The second-order valence-corrected chi connectivity index (χ2v) is 7.86. The van der Waals surface area contributed by atoms with E-state index in [2.05, 4.69) is 42.5 Å².